The predicted molar refractivity (Wildman–Crippen MR) is 84.1 cm³/mol. The average molecular weight is 325 g/mol. The first-order valence-corrected chi connectivity index (χ1v) is 10.1. The molecule has 1 aromatic carbocycles. The second-order valence-electron chi connectivity index (χ2n) is 6.44. The van der Waals surface area contributed by atoms with Crippen LogP contribution in [0.15, 0.2) is 28.7 Å². The van der Waals surface area contributed by atoms with Crippen molar-refractivity contribution in [1.29, 1.82) is 0 Å². The summed E-state index contributed by atoms with van der Waals surface area (Å²) in [5.74, 6) is 1.08. The van der Waals surface area contributed by atoms with Gasteiger partial charge in [-0.05, 0) is 48.3 Å². The van der Waals surface area contributed by atoms with Crippen LogP contribution >= 0.6 is 15.9 Å². The second kappa shape index (κ2) is 4.53. The van der Waals surface area contributed by atoms with Crippen LogP contribution in [0.25, 0.3) is 5.76 Å². The van der Waals surface area contributed by atoms with E-state index >= 15 is 0 Å². The molecule has 1 nitrogen and oxygen atoms in total. The van der Waals surface area contributed by atoms with E-state index in [-0.39, 0.29) is 5.04 Å². The van der Waals surface area contributed by atoms with Crippen molar-refractivity contribution in [2.45, 2.75) is 45.3 Å². The quantitative estimate of drug-likeness (QED) is 0.664. The number of hydrogen-bond acceptors (Lipinski definition) is 1. The third-order valence-corrected chi connectivity index (χ3v) is 8.85. The summed E-state index contributed by atoms with van der Waals surface area (Å²) in [5, 5.41) is 0.239. The van der Waals surface area contributed by atoms with Crippen LogP contribution in [0, 0.1) is 0 Å². The van der Waals surface area contributed by atoms with Crippen LogP contribution in [0.4, 0.5) is 0 Å². The smallest absolute Gasteiger partial charge is 0.250 e. The zero-order chi connectivity index (χ0) is 13.6. The van der Waals surface area contributed by atoms with Crippen molar-refractivity contribution < 1.29 is 4.43 Å². The van der Waals surface area contributed by atoms with Gasteiger partial charge in [0.15, 0.2) is 0 Å². The molecule has 2 rings (SSSR count). The molecular weight excluding hydrogens is 304 g/mol. The molecule has 1 aliphatic carbocycles. The van der Waals surface area contributed by atoms with Gasteiger partial charge in [-0.25, -0.2) is 0 Å². The summed E-state index contributed by atoms with van der Waals surface area (Å²) in [6.07, 6.45) is 3.21. The SMILES string of the molecule is CC(C)(C)[Si](C)(C)OC1=CCc2ccc(Br)cc21. The summed E-state index contributed by atoms with van der Waals surface area (Å²) in [4.78, 5) is 0. The molecule has 98 valence electrons. The Morgan fingerprint density at radius 1 is 1.22 bits per heavy atom. The molecule has 0 aromatic heterocycles. The van der Waals surface area contributed by atoms with Crippen molar-refractivity contribution in [2.24, 2.45) is 0 Å². The molecule has 0 saturated heterocycles. The van der Waals surface area contributed by atoms with Crippen LogP contribution in [-0.2, 0) is 10.8 Å². The van der Waals surface area contributed by atoms with E-state index in [1.54, 1.807) is 0 Å². The molecule has 0 aliphatic heterocycles. The van der Waals surface area contributed by atoms with Gasteiger partial charge in [-0.15, -0.1) is 0 Å². The van der Waals surface area contributed by atoms with Crippen molar-refractivity contribution in [3.05, 3.63) is 39.9 Å². The molecule has 0 N–H and O–H groups in total. The molecule has 3 heteroatoms. The van der Waals surface area contributed by atoms with Crippen LogP contribution in [0.2, 0.25) is 18.1 Å². The maximum Gasteiger partial charge on any atom is 0.250 e. The highest BCUT2D eigenvalue weighted by Crippen LogP contribution is 2.41. The van der Waals surface area contributed by atoms with E-state index in [1.807, 2.05) is 0 Å². The van der Waals surface area contributed by atoms with Crippen LogP contribution in [0.3, 0.4) is 0 Å². The lowest BCUT2D eigenvalue weighted by molar-refractivity contribution is 0.458. The minimum atomic E-state index is -1.74. The fraction of sp³-hybridized carbons (Fsp3) is 0.467. The Bertz CT molecular complexity index is 498. The van der Waals surface area contributed by atoms with E-state index in [0.29, 0.717) is 0 Å². The van der Waals surface area contributed by atoms with Crippen molar-refractivity contribution in [3.8, 4) is 0 Å². The van der Waals surface area contributed by atoms with Gasteiger partial charge in [-0.3, -0.25) is 0 Å². The second-order valence-corrected chi connectivity index (χ2v) is 12.1. The van der Waals surface area contributed by atoms with Gasteiger partial charge in [-0.1, -0.05) is 42.8 Å². The predicted octanol–water partition coefficient (Wildman–Crippen LogP) is 5.37. The Balaban J connectivity index is 2.27. The summed E-state index contributed by atoms with van der Waals surface area (Å²) < 4.78 is 7.54. The molecular formula is C15H21BrOSi. The molecule has 0 atom stereocenters. The summed E-state index contributed by atoms with van der Waals surface area (Å²) in [6.45, 7) is 11.4. The molecule has 0 spiro atoms. The molecule has 0 amide bonds. The molecule has 1 aliphatic rings. The summed E-state index contributed by atoms with van der Waals surface area (Å²) in [5.41, 5.74) is 2.63. The number of rotatable bonds is 2. The lowest BCUT2D eigenvalue weighted by Gasteiger charge is -2.37. The fourth-order valence-electron chi connectivity index (χ4n) is 1.79. The molecule has 18 heavy (non-hydrogen) atoms. The third kappa shape index (κ3) is 2.57. The summed E-state index contributed by atoms with van der Waals surface area (Å²) in [7, 11) is -1.74. The largest absolute Gasteiger partial charge is 0.543 e. The Labute approximate surface area is 120 Å². The zero-order valence-corrected chi connectivity index (χ0v) is 14.4. The van der Waals surface area contributed by atoms with Crippen LogP contribution in [0.5, 0.6) is 0 Å². The van der Waals surface area contributed by atoms with Gasteiger partial charge < -0.3 is 4.43 Å². The van der Waals surface area contributed by atoms with E-state index in [4.69, 9.17) is 4.43 Å². The Morgan fingerprint density at radius 3 is 2.50 bits per heavy atom. The normalized spacial score (nSPS) is 15.3. The first-order chi connectivity index (χ1) is 8.21. The fourth-order valence-corrected chi connectivity index (χ4v) is 3.20. The Morgan fingerprint density at radius 2 is 1.89 bits per heavy atom. The summed E-state index contributed by atoms with van der Waals surface area (Å²) in [6, 6.07) is 6.45. The van der Waals surface area contributed by atoms with Gasteiger partial charge in [-0.2, -0.15) is 0 Å². The zero-order valence-electron chi connectivity index (χ0n) is 11.8. The van der Waals surface area contributed by atoms with Crippen molar-refractivity contribution in [3.63, 3.8) is 0 Å². The third-order valence-electron chi connectivity index (χ3n) is 4.02. The number of fused-ring (bicyclic) bond motifs is 1. The van der Waals surface area contributed by atoms with Gasteiger partial charge in [0.05, 0.1) is 0 Å². The van der Waals surface area contributed by atoms with Gasteiger partial charge in [0.2, 0.25) is 8.32 Å². The lowest BCUT2D eigenvalue weighted by Crippen LogP contribution is -2.40. The maximum atomic E-state index is 6.42. The highest BCUT2D eigenvalue weighted by molar-refractivity contribution is 9.10. The molecule has 0 heterocycles. The van der Waals surface area contributed by atoms with Crippen LogP contribution in [-0.4, -0.2) is 8.32 Å². The van der Waals surface area contributed by atoms with E-state index in [9.17, 15) is 0 Å². The summed E-state index contributed by atoms with van der Waals surface area (Å²) >= 11 is 3.54. The minimum absolute atomic E-state index is 0.239. The van der Waals surface area contributed by atoms with Crippen molar-refractivity contribution >= 4 is 30.0 Å². The van der Waals surface area contributed by atoms with E-state index in [2.05, 4.69) is 74.1 Å². The van der Waals surface area contributed by atoms with Crippen molar-refractivity contribution in [1.82, 2.24) is 0 Å². The number of halogens is 1. The molecule has 0 radical (unpaired) electrons. The molecule has 0 saturated carbocycles. The van der Waals surface area contributed by atoms with Crippen LogP contribution < -0.4 is 0 Å². The highest BCUT2D eigenvalue weighted by atomic mass is 79.9. The van der Waals surface area contributed by atoms with E-state index in [0.717, 1.165) is 16.7 Å². The van der Waals surface area contributed by atoms with E-state index in [1.165, 1.54) is 11.1 Å². The highest BCUT2D eigenvalue weighted by Gasteiger charge is 2.40. The van der Waals surface area contributed by atoms with Crippen LogP contribution in [0.1, 0.15) is 31.9 Å². The number of allylic oxidation sites excluding steroid dienone is 1. The Kier molecular flexibility index (Phi) is 3.49. The van der Waals surface area contributed by atoms with Gasteiger partial charge >= 0.3 is 0 Å². The molecule has 0 bridgehead atoms. The Hall–Kier alpha value is -0.543. The topological polar surface area (TPSA) is 9.23 Å². The first-order valence-electron chi connectivity index (χ1n) is 6.39. The molecule has 1 aromatic rings. The first kappa shape index (κ1) is 13.9. The van der Waals surface area contributed by atoms with Crippen molar-refractivity contribution in [2.75, 3.05) is 0 Å². The van der Waals surface area contributed by atoms with Gasteiger partial charge in [0, 0.05) is 10.0 Å². The molecule has 0 fully saturated rings. The maximum absolute atomic E-state index is 6.42. The molecule has 0 unspecified atom stereocenters. The lowest BCUT2D eigenvalue weighted by atomic mass is 10.1. The minimum Gasteiger partial charge on any atom is -0.543 e. The van der Waals surface area contributed by atoms with Gasteiger partial charge in [0.25, 0.3) is 0 Å². The van der Waals surface area contributed by atoms with E-state index < -0.39 is 8.32 Å². The monoisotopic (exact) mass is 324 g/mol. The number of benzene rings is 1. The van der Waals surface area contributed by atoms with Gasteiger partial charge in [0.1, 0.15) is 5.76 Å². The number of hydrogen-bond donors (Lipinski definition) is 0. The average Bonchev–Trinajstić information content (AvgIpc) is 2.59. The standard InChI is InChI=1S/C15H21BrOSi/c1-15(2,3)18(4,5)17-14-9-7-11-6-8-12(16)10-13(11)14/h6,8-10H,7H2,1-5H3.